The quantitative estimate of drug-likeness (QED) is 0.738. The molecule has 3 nitrogen and oxygen atoms in total. The van der Waals surface area contributed by atoms with Crippen LogP contribution in [0.3, 0.4) is 0 Å². The summed E-state index contributed by atoms with van der Waals surface area (Å²) in [5, 5.41) is 0. The predicted molar refractivity (Wildman–Crippen MR) is 60.4 cm³/mol. The molecule has 1 aromatic carbocycles. The summed E-state index contributed by atoms with van der Waals surface area (Å²) in [5.74, 6) is 0. The van der Waals surface area contributed by atoms with E-state index in [4.69, 9.17) is 0 Å². The summed E-state index contributed by atoms with van der Waals surface area (Å²) in [7, 11) is 0. The second-order valence-corrected chi connectivity index (χ2v) is 3.80. The average Bonchev–Trinajstić information content (AvgIpc) is 2.69. The first kappa shape index (κ1) is 8.53. The predicted octanol–water partition coefficient (Wildman–Crippen LogP) is 2.08. The second kappa shape index (κ2) is 3.42. The molecule has 0 unspecified atom stereocenters. The molecular weight excluding hydrogens is 186 g/mol. The standard InChI is InChI=1S/C12H13N3/c1-2-5-12(15-9-6-13-10-15)11(4-1)14-7-3-8-14/h1-2,4-6,9-10H,3,7-8H2. The molecule has 0 bridgehead atoms. The summed E-state index contributed by atoms with van der Waals surface area (Å²) in [6, 6.07) is 8.47. The van der Waals surface area contributed by atoms with E-state index in [1.807, 2.05) is 18.7 Å². The lowest BCUT2D eigenvalue weighted by atomic mass is 10.1. The van der Waals surface area contributed by atoms with Crippen LogP contribution in [0.2, 0.25) is 0 Å². The fourth-order valence-corrected chi connectivity index (χ4v) is 1.91. The minimum Gasteiger partial charge on any atom is -0.370 e. The Balaban J connectivity index is 2.06. The van der Waals surface area contributed by atoms with E-state index in [1.54, 1.807) is 0 Å². The zero-order valence-electron chi connectivity index (χ0n) is 8.50. The first-order valence-electron chi connectivity index (χ1n) is 5.27. The maximum atomic E-state index is 4.09. The maximum Gasteiger partial charge on any atom is 0.0992 e. The molecular formula is C12H13N3. The normalized spacial score (nSPS) is 15.1. The van der Waals surface area contributed by atoms with Gasteiger partial charge in [-0.25, -0.2) is 4.98 Å². The topological polar surface area (TPSA) is 21.1 Å². The van der Waals surface area contributed by atoms with Crippen molar-refractivity contribution < 1.29 is 0 Å². The molecule has 1 aromatic heterocycles. The Labute approximate surface area is 89.0 Å². The molecule has 0 aliphatic carbocycles. The summed E-state index contributed by atoms with van der Waals surface area (Å²) in [6.45, 7) is 2.34. The molecule has 2 heterocycles. The number of anilines is 1. The van der Waals surface area contributed by atoms with Gasteiger partial charge in [-0.1, -0.05) is 12.1 Å². The highest BCUT2D eigenvalue weighted by atomic mass is 15.2. The van der Waals surface area contributed by atoms with Crippen LogP contribution in [-0.4, -0.2) is 22.6 Å². The Morgan fingerprint density at radius 1 is 1.07 bits per heavy atom. The summed E-state index contributed by atoms with van der Waals surface area (Å²) >= 11 is 0. The van der Waals surface area contributed by atoms with E-state index < -0.39 is 0 Å². The van der Waals surface area contributed by atoms with Gasteiger partial charge < -0.3 is 9.47 Å². The Hall–Kier alpha value is -1.77. The summed E-state index contributed by atoms with van der Waals surface area (Å²) in [6.07, 6.45) is 6.95. The molecule has 3 heteroatoms. The largest absolute Gasteiger partial charge is 0.370 e. The zero-order chi connectivity index (χ0) is 10.1. The third-order valence-electron chi connectivity index (χ3n) is 2.86. The smallest absolute Gasteiger partial charge is 0.0992 e. The van der Waals surface area contributed by atoms with Crippen LogP contribution in [0.15, 0.2) is 43.0 Å². The van der Waals surface area contributed by atoms with E-state index in [9.17, 15) is 0 Å². The molecule has 0 saturated carbocycles. The van der Waals surface area contributed by atoms with Gasteiger partial charge in [0, 0.05) is 25.5 Å². The number of para-hydroxylation sites is 2. The van der Waals surface area contributed by atoms with Crippen molar-refractivity contribution in [1.82, 2.24) is 9.55 Å². The summed E-state index contributed by atoms with van der Waals surface area (Å²) in [5.41, 5.74) is 2.52. The zero-order valence-corrected chi connectivity index (χ0v) is 8.50. The van der Waals surface area contributed by atoms with Gasteiger partial charge >= 0.3 is 0 Å². The molecule has 1 fully saturated rings. The van der Waals surface area contributed by atoms with Crippen molar-refractivity contribution in [2.45, 2.75) is 6.42 Å². The Kier molecular flexibility index (Phi) is 1.95. The highest BCUT2D eigenvalue weighted by molar-refractivity contribution is 5.63. The lowest BCUT2D eigenvalue weighted by molar-refractivity contribution is 0.616. The van der Waals surface area contributed by atoms with Crippen LogP contribution >= 0.6 is 0 Å². The highest BCUT2D eigenvalue weighted by Gasteiger charge is 2.17. The maximum absolute atomic E-state index is 4.09. The van der Waals surface area contributed by atoms with Crippen molar-refractivity contribution in [2.24, 2.45) is 0 Å². The van der Waals surface area contributed by atoms with Gasteiger partial charge in [0.2, 0.25) is 0 Å². The van der Waals surface area contributed by atoms with Crippen LogP contribution in [-0.2, 0) is 0 Å². The number of aromatic nitrogens is 2. The lowest BCUT2D eigenvalue weighted by Crippen LogP contribution is -2.37. The fraction of sp³-hybridized carbons (Fsp3) is 0.250. The molecule has 1 saturated heterocycles. The second-order valence-electron chi connectivity index (χ2n) is 3.80. The van der Waals surface area contributed by atoms with Gasteiger partial charge in [0.15, 0.2) is 0 Å². The molecule has 0 spiro atoms. The first-order valence-corrected chi connectivity index (χ1v) is 5.27. The summed E-state index contributed by atoms with van der Waals surface area (Å²) < 4.78 is 2.06. The van der Waals surface area contributed by atoms with Gasteiger partial charge in [0.1, 0.15) is 0 Å². The van der Waals surface area contributed by atoms with Gasteiger partial charge in [0.05, 0.1) is 17.7 Å². The molecule has 76 valence electrons. The Morgan fingerprint density at radius 3 is 2.47 bits per heavy atom. The average molecular weight is 199 g/mol. The van der Waals surface area contributed by atoms with Gasteiger partial charge in [-0.3, -0.25) is 0 Å². The van der Waals surface area contributed by atoms with Crippen molar-refractivity contribution in [3.63, 3.8) is 0 Å². The molecule has 2 aromatic rings. The van der Waals surface area contributed by atoms with Crippen molar-refractivity contribution in [1.29, 1.82) is 0 Å². The van der Waals surface area contributed by atoms with Crippen LogP contribution in [0.25, 0.3) is 5.69 Å². The van der Waals surface area contributed by atoms with Gasteiger partial charge in [0.25, 0.3) is 0 Å². The van der Waals surface area contributed by atoms with E-state index in [1.165, 1.54) is 30.9 Å². The summed E-state index contributed by atoms with van der Waals surface area (Å²) in [4.78, 5) is 6.49. The molecule has 3 rings (SSSR count). The van der Waals surface area contributed by atoms with E-state index in [0.29, 0.717) is 0 Å². The third kappa shape index (κ3) is 1.40. The van der Waals surface area contributed by atoms with Crippen LogP contribution in [0.5, 0.6) is 0 Å². The van der Waals surface area contributed by atoms with Crippen LogP contribution < -0.4 is 4.90 Å². The number of benzene rings is 1. The first-order chi connectivity index (χ1) is 7.45. The molecule has 15 heavy (non-hydrogen) atoms. The van der Waals surface area contributed by atoms with Gasteiger partial charge in [-0.15, -0.1) is 0 Å². The minimum absolute atomic E-state index is 1.17. The molecule has 0 amide bonds. The van der Waals surface area contributed by atoms with Crippen molar-refractivity contribution in [2.75, 3.05) is 18.0 Å². The van der Waals surface area contributed by atoms with Gasteiger partial charge in [-0.05, 0) is 18.6 Å². The van der Waals surface area contributed by atoms with Crippen LogP contribution in [0.1, 0.15) is 6.42 Å². The number of imidazole rings is 1. The van der Waals surface area contributed by atoms with Crippen LogP contribution in [0.4, 0.5) is 5.69 Å². The monoisotopic (exact) mass is 199 g/mol. The fourth-order valence-electron chi connectivity index (χ4n) is 1.91. The molecule has 1 aliphatic heterocycles. The Morgan fingerprint density at radius 2 is 1.87 bits per heavy atom. The molecule has 0 radical (unpaired) electrons. The van der Waals surface area contributed by atoms with Crippen molar-refractivity contribution in [3.05, 3.63) is 43.0 Å². The number of hydrogen-bond acceptors (Lipinski definition) is 2. The number of hydrogen-bond donors (Lipinski definition) is 0. The molecule has 0 N–H and O–H groups in total. The van der Waals surface area contributed by atoms with E-state index in [-0.39, 0.29) is 0 Å². The van der Waals surface area contributed by atoms with Gasteiger partial charge in [-0.2, -0.15) is 0 Å². The van der Waals surface area contributed by atoms with E-state index in [0.717, 1.165) is 0 Å². The van der Waals surface area contributed by atoms with Crippen LogP contribution in [0, 0.1) is 0 Å². The van der Waals surface area contributed by atoms with E-state index >= 15 is 0 Å². The SMILES string of the molecule is c1ccc(-n2ccnc2)c(N2CCC2)c1. The van der Waals surface area contributed by atoms with Crippen molar-refractivity contribution in [3.8, 4) is 5.69 Å². The third-order valence-corrected chi connectivity index (χ3v) is 2.86. The minimum atomic E-state index is 1.17. The van der Waals surface area contributed by atoms with Crippen molar-refractivity contribution >= 4 is 5.69 Å². The van der Waals surface area contributed by atoms with E-state index in [2.05, 4.69) is 38.7 Å². The lowest BCUT2D eigenvalue weighted by Gasteiger charge is -2.34. The molecule has 0 atom stereocenters. The highest BCUT2D eigenvalue weighted by Crippen LogP contribution is 2.27. The Bertz CT molecular complexity index is 444. The molecule has 1 aliphatic rings. The number of nitrogens with zero attached hydrogens (tertiary/aromatic N) is 3. The number of rotatable bonds is 2.